The molecule has 0 spiro atoms. The van der Waals surface area contributed by atoms with Gasteiger partial charge in [-0.05, 0) is 12.0 Å². The minimum atomic E-state index is -0.291. The number of benzene rings is 2. The molecule has 1 unspecified atom stereocenters. The summed E-state index contributed by atoms with van der Waals surface area (Å²) in [5.74, 6) is 0. The third-order valence-electron chi connectivity index (χ3n) is 2.51. The van der Waals surface area contributed by atoms with Gasteiger partial charge in [0.25, 0.3) is 0 Å². The van der Waals surface area contributed by atoms with Crippen LogP contribution in [0.25, 0.3) is 0 Å². The molecule has 0 saturated heterocycles. The molecule has 24 heavy (non-hydrogen) atoms. The fourth-order valence-electron chi connectivity index (χ4n) is 1.44. The van der Waals surface area contributed by atoms with Crippen molar-refractivity contribution in [3.63, 3.8) is 0 Å². The van der Waals surface area contributed by atoms with E-state index in [1.165, 1.54) is 0 Å². The van der Waals surface area contributed by atoms with Gasteiger partial charge in [0.05, 0.1) is 6.10 Å². The van der Waals surface area contributed by atoms with Gasteiger partial charge in [0, 0.05) is 5.56 Å². The van der Waals surface area contributed by atoms with E-state index in [-0.39, 0.29) is 33.0 Å². The van der Waals surface area contributed by atoms with E-state index in [0.29, 0.717) is 0 Å². The number of aliphatic hydroxyl groups is 1. The Balaban J connectivity index is -0.000000131. The molecule has 2 rings (SSSR count). The number of carbonyl (C=O) groups is 1. The summed E-state index contributed by atoms with van der Waals surface area (Å²) in [7, 11) is 0. The van der Waals surface area contributed by atoms with Crippen LogP contribution in [0.1, 0.15) is 56.6 Å². The van der Waals surface area contributed by atoms with E-state index < -0.39 is 0 Å². The van der Waals surface area contributed by atoms with Crippen molar-refractivity contribution in [2.75, 3.05) is 0 Å². The fraction of sp³-hybridized carbons (Fsp3) is 0.286. The van der Waals surface area contributed by atoms with Crippen LogP contribution in [0.2, 0.25) is 0 Å². The Morgan fingerprint density at radius 3 is 1.58 bits per heavy atom. The maximum atomic E-state index is 10.0. The van der Waals surface area contributed by atoms with Crippen molar-refractivity contribution in [3.8, 4) is 0 Å². The molecule has 1 atom stereocenters. The summed E-state index contributed by atoms with van der Waals surface area (Å²) in [5, 5.41) is 9.33. The maximum Gasteiger partial charge on any atom is 2.00 e. The maximum absolute atomic E-state index is 10.0. The minimum absolute atomic E-state index is 0. The molecule has 0 aliphatic carbocycles. The van der Waals surface area contributed by atoms with Gasteiger partial charge in [0.2, 0.25) is 0 Å². The smallest absolute Gasteiger partial charge is 0.388 e. The quantitative estimate of drug-likeness (QED) is 0.405. The van der Waals surface area contributed by atoms with E-state index in [1.54, 1.807) is 26.0 Å². The molecule has 130 valence electrons. The second-order valence-electron chi connectivity index (χ2n) is 3.86. The van der Waals surface area contributed by atoms with Gasteiger partial charge in [-0.1, -0.05) is 75.0 Å². The first kappa shape index (κ1) is 30.6. The van der Waals surface area contributed by atoms with Crippen molar-refractivity contribution in [3.05, 3.63) is 85.6 Å². The largest absolute Gasteiger partial charge is 2.00 e. The number of aliphatic hydroxyl groups excluding tert-OH is 1. The van der Waals surface area contributed by atoms with Gasteiger partial charge in [-0.25, -0.2) is 0 Å². The molecule has 0 bridgehead atoms. The monoisotopic (exact) mass is 380 g/mol. The molecule has 1 N–H and O–H groups in total. The van der Waals surface area contributed by atoms with Crippen molar-refractivity contribution in [2.24, 2.45) is 0 Å². The average molecular weight is 382 g/mol. The molecule has 2 nitrogen and oxygen atoms in total. The number of rotatable bonds is 3. The first-order valence-electron chi connectivity index (χ1n) is 7.42. The van der Waals surface area contributed by atoms with Crippen LogP contribution in [-0.4, -0.2) is 11.4 Å². The number of hydrogen-bond donors (Lipinski definition) is 1. The van der Waals surface area contributed by atoms with E-state index in [0.717, 1.165) is 23.8 Å². The molecule has 0 heterocycles. The molecular weight excluding hydrogens is 350 g/mol. The molecule has 0 fully saturated rings. The Labute approximate surface area is 162 Å². The van der Waals surface area contributed by atoms with Gasteiger partial charge in [0.1, 0.15) is 6.29 Å². The predicted octanol–water partition coefficient (Wildman–Crippen LogP) is 5.94. The van der Waals surface area contributed by atoms with Gasteiger partial charge < -0.3 is 19.0 Å². The van der Waals surface area contributed by atoms with Crippen LogP contribution in [0.5, 0.6) is 0 Å². The van der Waals surface area contributed by atoms with E-state index >= 15 is 0 Å². The van der Waals surface area contributed by atoms with Crippen LogP contribution in [0.4, 0.5) is 0 Å². The van der Waals surface area contributed by atoms with E-state index in [9.17, 15) is 9.90 Å². The summed E-state index contributed by atoms with van der Waals surface area (Å²) < 4.78 is 0. The number of carbonyl (C=O) groups excluding carboxylic acids is 1. The molecule has 3 heteroatoms. The summed E-state index contributed by atoms with van der Waals surface area (Å²) in [6.45, 7) is 12.0. The zero-order valence-corrected chi connectivity index (χ0v) is 17.6. The Kier molecular flexibility index (Phi) is 30.5. The summed E-state index contributed by atoms with van der Waals surface area (Å²) >= 11 is 0. The molecule has 0 amide bonds. The SMILES string of the molecule is C.CCC(O)c1ccccc1.O=Cc1ccccc1.[CH2-]C.[CH2-]C.[Zn+2]. The van der Waals surface area contributed by atoms with E-state index in [1.807, 2.05) is 55.5 Å². The van der Waals surface area contributed by atoms with E-state index in [4.69, 9.17) is 0 Å². The Morgan fingerprint density at radius 1 is 0.917 bits per heavy atom. The van der Waals surface area contributed by atoms with Crippen LogP contribution in [0.15, 0.2) is 60.7 Å². The van der Waals surface area contributed by atoms with Gasteiger partial charge in [0.15, 0.2) is 0 Å². The second kappa shape index (κ2) is 24.0. The Bertz CT molecular complexity index is 444. The molecule has 2 aromatic carbocycles. The van der Waals surface area contributed by atoms with Crippen molar-refractivity contribution in [1.29, 1.82) is 0 Å². The minimum Gasteiger partial charge on any atom is -0.388 e. The standard InChI is InChI=1S/C9H12O.C7H6O.2C2H5.CH4.Zn/c1-2-9(10)8-6-4-3-5-7-8;8-6-7-4-2-1-3-5-7;2*1-2;;/h3-7,9-10H,2H2,1H3;1-6H;2*1H2,2H3;1H4;/q;;2*-1;;+2. The zero-order chi connectivity index (χ0) is 17.2. The summed E-state index contributed by atoms with van der Waals surface area (Å²) in [5.41, 5.74) is 1.73. The third kappa shape index (κ3) is 15.6. The van der Waals surface area contributed by atoms with Crippen LogP contribution < -0.4 is 0 Å². The molecule has 0 saturated carbocycles. The normalized spacial score (nSPS) is 8.75. The first-order valence-corrected chi connectivity index (χ1v) is 7.42. The van der Waals surface area contributed by atoms with Crippen LogP contribution in [0.3, 0.4) is 0 Å². The average Bonchev–Trinajstić information content (AvgIpc) is 2.66. The van der Waals surface area contributed by atoms with Crippen molar-refractivity contribution < 1.29 is 29.4 Å². The number of aldehydes is 1. The van der Waals surface area contributed by atoms with Gasteiger partial charge in [-0.15, -0.1) is 0 Å². The summed E-state index contributed by atoms with van der Waals surface area (Å²) in [4.78, 5) is 10.0. The van der Waals surface area contributed by atoms with Crippen molar-refractivity contribution in [1.82, 2.24) is 0 Å². The number of hydrogen-bond acceptors (Lipinski definition) is 2. The topological polar surface area (TPSA) is 37.3 Å². The second-order valence-corrected chi connectivity index (χ2v) is 3.86. The Morgan fingerprint density at radius 2 is 1.29 bits per heavy atom. The fourth-order valence-corrected chi connectivity index (χ4v) is 1.44. The summed E-state index contributed by atoms with van der Waals surface area (Å²) in [6, 6.07) is 18.8. The van der Waals surface area contributed by atoms with Crippen LogP contribution in [-0.2, 0) is 19.5 Å². The molecule has 0 aromatic heterocycles. The molecule has 2 aromatic rings. The van der Waals surface area contributed by atoms with Crippen molar-refractivity contribution >= 4 is 6.29 Å². The zero-order valence-electron chi connectivity index (χ0n) is 14.6. The molecule has 0 aliphatic heterocycles. The van der Waals surface area contributed by atoms with E-state index in [2.05, 4.69) is 13.8 Å². The van der Waals surface area contributed by atoms with Crippen LogP contribution >= 0.6 is 0 Å². The van der Waals surface area contributed by atoms with Gasteiger partial charge in [-0.2, -0.15) is 13.8 Å². The van der Waals surface area contributed by atoms with Crippen molar-refractivity contribution in [2.45, 2.75) is 40.7 Å². The predicted molar refractivity (Wildman–Crippen MR) is 102 cm³/mol. The van der Waals surface area contributed by atoms with Gasteiger partial charge >= 0.3 is 19.5 Å². The third-order valence-corrected chi connectivity index (χ3v) is 2.51. The Hall–Kier alpha value is -1.31. The first-order chi connectivity index (χ1) is 10.8. The molecule has 0 aliphatic rings. The van der Waals surface area contributed by atoms with Crippen LogP contribution in [0, 0.1) is 13.8 Å². The summed E-state index contributed by atoms with van der Waals surface area (Å²) in [6.07, 6.45) is 1.32. The van der Waals surface area contributed by atoms with Gasteiger partial charge in [-0.3, -0.25) is 4.79 Å². The molecule has 0 radical (unpaired) electrons. The molecular formula is C21H32O2Zn.